The molecule has 4 nitrogen and oxygen atoms in total. The van der Waals surface area contributed by atoms with Gasteiger partial charge in [0, 0.05) is 32.1 Å². The minimum atomic E-state index is -0.246. The second-order valence-corrected chi connectivity index (χ2v) is 9.11. The molecule has 1 spiro atoms. The zero-order valence-corrected chi connectivity index (χ0v) is 15.7. The van der Waals surface area contributed by atoms with Gasteiger partial charge < -0.3 is 9.80 Å². The lowest BCUT2D eigenvalue weighted by molar-refractivity contribution is -0.147. The zero-order valence-electron chi connectivity index (χ0n) is 15.7. The van der Waals surface area contributed by atoms with Gasteiger partial charge >= 0.3 is 0 Å². The summed E-state index contributed by atoms with van der Waals surface area (Å²) in [7, 11) is 0. The Hall–Kier alpha value is -1.06. The summed E-state index contributed by atoms with van der Waals surface area (Å²) in [5.74, 6) is 1.78. The van der Waals surface area contributed by atoms with Gasteiger partial charge in [-0.15, -0.1) is 0 Å². The third-order valence-electron chi connectivity index (χ3n) is 7.48. The maximum absolute atomic E-state index is 13.2. The molecule has 2 saturated carbocycles. The second kappa shape index (κ2) is 7.28. The number of nitrogens with zero attached hydrogens (tertiary/aromatic N) is 2. The average molecular weight is 347 g/mol. The minimum Gasteiger partial charge on any atom is -0.342 e. The molecule has 2 amide bonds. The summed E-state index contributed by atoms with van der Waals surface area (Å²) in [6, 6.07) is 0. The van der Waals surface area contributed by atoms with Crippen molar-refractivity contribution >= 4 is 11.8 Å². The van der Waals surface area contributed by atoms with E-state index in [1.54, 1.807) is 0 Å². The molecule has 25 heavy (non-hydrogen) atoms. The van der Waals surface area contributed by atoms with Crippen molar-refractivity contribution in [2.24, 2.45) is 17.3 Å². The van der Waals surface area contributed by atoms with Crippen LogP contribution in [0.2, 0.25) is 0 Å². The SMILES string of the molecule is O=C(C1CCC1)N1CC[C@]2(CCCN(CCC3CCCCC3)C2=O)C1. The highest BCUT2D eigenvalue weighted by Gasteiger charge is 2.50. The molecule has 0 aromatic heterocycles. The molecule has 140 valence electrons. The molecule has 1 atom stereocenters. The minimum absolute atomic E-state index is 0.246. The largest absolute Gasteiger partial charge is 0.342 e. The van der Waals surface area contributed by atoms with Gasteiger partial charge in [0.25, 0.3) is 0 Å². The van der Waals surface area contributed by atoms with Crippen LogP contribution < -0.4 is 0 Å². The molecule has 4 rings (SSSR count). The Morgan fingerprint density at radius 2 is 1.76 bits per heavy atom. The fraction of sp³-hybridized carbons (Fsp3) is 0.905. The molecule has 2 aliphatic carbocycles. The van der Waals surface area contributed by atoms with Crippen LogP contribution in [0.3, 0.4) is 0 Å². The topological polar surface area (TPSA) is 40.6 Å². The van der Waals surface area contributed by atoms with Gasteiger partial charge in [0.1, 0.15) is 0 Å². The first-order valence-corrected chi connectivity index (χ1v) is 10.8. The predicted octanol–water partition coefficient (Wildman–Crippen LogP) is 3.60. The Bertz CT molecular complexity index is 510. The number of carbonyl (C=O) groups is 2. The van der Waals surface area contributed by atoms with E-state index in [9.17, 15) is 9.59 Å². The van der Waals surface area contributed by atoms with E-state index in [1.165, 1.54) is 44.9 Å². The van der Waals surface area contributed by atoms with E-state index in [1.807, 2.05) is 4.90 Å². The second-order valence-electron chi connectivity index (χ2n) is 9.11. The Morgan fingerprint density at radius 1 is 0.960 bits per heavy atom. The van der Waals surface area contributed by atoms with E-state index < -0.39 is 0 Å². The molecule has 4 heteroatoms. The number of piperidine rings is 1. The van der Waals surface area contributed by atoms with Crippen molar-refractivity contribution in [2.75, 3.05) is 26.2 Å². The van der Waals surface area contributed by atoms with Crippen LogP contribution in [0.1, 0.15) is 77.0 Å². The summed E-state index contributed by atoms with van der Waals surface area (Å²) < 4.78 is 0. The summed E-state index contributed by atoms with van der Waals surface area (Å²) in [5, 5.41) is 0. The van der Waals surface area contributed by atoms with Gasteiger partial charge in [-0.2, -0.15) is 0 Å². The molecule has 0 radical (unpaired) electrons. The number of hydrogen-bond acceptors (Lipinski definition) is 2. The van der Waals surface area contributed by atoms with E-state index in [0.717, 1.165) is 57.7 Å². The maximum Gasteiger partial charge on any atom is 0.230 e. The molecule has 0 bridgehead atoms. The van der Waals surface area contributed by atoms with Crippen LogP contribution in [0.15, 0.2) is 0 Å². The maximum atomic E-state index is 13.2. The van der Waals surface area contributed by atoms with Gasteiger partial charge in [0.15, 0.2) is 0 Å². The molecule has 0 N–H and O–H groups in total. The molecule has 4 aliphatic rings. The first-order valence-electron chi connectivity index (χ1n) is 10.8. The quantitative estimate of drug-likeness (QED) is 0.780. The molecule has 0 unspecified atom stereocenters. The normalized spacial score (nSPS) is 31.6. The van der Waals surface area contributed by atoms with Crippen LogP contribution in [0.5, 0.6) is 0 Å². The average Bonchev–Trinajstić information content (AvgIpc) is 3.01. The van der Waals surface area contributed by atoms with Crippen molar-refractivity contribution in [3.05, 3.63) is 0 Å². The molecule has 0 aromatic carbocycles. The monoisotopic (exact) mass is 346 g/mol. The zero-order chi connectivity index (χ0) is 17.3. The first kappa shape index (κ1) is 17.4. The van der Waals surface area contributed by atoms with Crippen molar-refractivity contribution < 1.29 is 9.59 Å². The molecular formula is C21H34N2O2. The van der Waals surface area contributed by atoms with E-state index in [-0.39, 0.29) is 11.3 Å². The third kappa shape index (κ3) is 3.46. The lowest BCUT2D eigenvalue weighted by Crippen LogP contribution is -2.51. The number of hydrogen-bond donors (Lipinski definition) is 0. The molecule has 4 fully saturated rings. The first-order chi connectivity index (χ1) is 12.2. The third-order valence-corrected chi connectivity index (χ3v) is 7.48. The number of likely N-dealkylation sites (tertiary alicyclic amines) is 2. The van der Waals surface area contributed by atoms with Crippen LogP contribution >= 0.6 is 0 Å². The molecule has 2 heterocycles. The summed E-state index contributed by atoms with van der Waals surface area (Å²) in [4.78, 5) is 30.0. The smallest absolute Gasteiger partial charge is 0.230 e. The summed E-state index contributed by atoms with van der Waals surface area (Å²) >= 11 is 0. The van der Waals surface area contributed by atoms with Gasteiger partial charge in [-0.1, -0.05) is 38.5 Å². The van der Waals surface area contributed by atoms with Crippen molar-refractivity contribution in [3.8, 4) is 0 Å². The van der Waals surface area contributed by atoms with E-state index in [0.29, 0.717) is 18.4 Å². The summed E-state index contributed by atoms with van der Waals surface area (Å²) in [6.07, 6.45) is 14.4. The standard InChI is InChI=1S/C21H34N2O2/c24-19(18-8-4-9-18)23-15-12-21(16-23)11-5-13-22(20(21)25)14-10-17-6-2-1-3-7-17/h17-18H,1-16H2/t21-/m1/s1. The fourth-order valence-electron chi connectivity index (χ4n) is 5.53. The van der Waals surface area contributed by atoms with Crippen molar-refractivity contribution in [1.82, 2.24) is 9.80 Å². The van der Waals surface area contributed by atoms with Gasteiger partial charge in [-0.3, -0.25) is 9.59 Å². The Kier molecular flexibility index (Phi) is 5.06. The summed E-state index contributed by atoms with van der Waals surface area (Å²) in [5.41, 5.74) is -0.246. The van der Waals surface area contributed by atoms with E-state index >= 15 is 0 Å². The highest BCUT2D eigenvalue weighted by molar-refractivity contribution is 5.86. The van der Waals surface area contributed by atoms with Crippen LogP contribution in [0.25, 0.3) is 0 Å². The molecule has 2 aliphatic heterocycles. The van der Waals surface area contributed by atoms with Gasteiger partial charge in [0.05, 0.1) is 5.41 Å². The van der Waals surface area contributed by atoms with Gasteiger partial charge in [-0.25, -0.2) is 0 Å². The van der Waals surface area contributed by atoms with E-state index in [4.69, 9.17) is 0 Å². The predicted molar refractivity (Wildman–Crippen MR) is 98.0 cm³/mol. The lowest BCUT2D eigenvalue weighted by Gasteiger charge is -2.40. The number of amides is 2. The molecule has 0 aromatic rings. The van der Waals surface area contributed by atoms with Crippen LogP contribution in [0, 0.1) is 17.3 Å². The Labute approximate surface area is 152 Å². The van der Waals surface area contributed by atoms with Gasteiger partial charge in [0.2, 0.25) is 11.8 Å². The molecular weight excluding hydrogens is 312 g/mol. The summed E-state index contributed by atoms with van der Waals surface area (Å²) in [6.45, 7) is 3.38. The number of rotatable bonds is 4. The molecule has 2 saturated heterocycles. The van der Waals surface area contributed by atoms with Crippen molar-refractivity contribution in [3.63, 3.8) is 0 Å². The Balaban J connectivity index is 1.34. The van der Waals surface area contributed by atoms with Crippen LogP contribution in [-0.2, 0) is 9.59 Å². The van der Waals surface area contributed by atoms with E-state index in [2.05, 4.69) is 4.90 Å². The highest BCUT2D eigenvalue weighted by atomic mass is 16.2. The van der Waals surface area contributed by atoms with Crippen molar-refractivity contribution in [2.45, 2.75) is 77.0 Å². The van der Waals surface area contributed by atoms with Crippen LogP contribution in [0.4, 0.5) is 0 Å². The fourth-order valence-corrected chi connectivity index (χ4v) is 5.53. The Morgan fingerprint density at radius 3 is 2.48 bits per heavy atom. The highest BCUT2D eigenvalue weighted by Crippen LogP contribution is 2.42. The number of carbonyl (C=O) groups excluding carboxylic acids is 2. The lowest BCUT2D eigenvalue weighted by atomic mass is 9.77. The van der Waals surface area contributed by atoms with Crippen LogP contribution in [-0.4, -0.2) is 47.8 Å². The van der Waals surface area contributed by atoms with Crippen molar-refractivity contribution in [1.29, 1.82) is 0 Å². The van der Waals surface area contributed by atoms with Gasteiger partial charge in [-0.05, 0) is 44.4 Å².